The maximum atomic E-state index is 5.44. The Labute approximate surface area is 101 Å². The molecule has 1 saturated heterocycles. The van der Waals surface area contributed by atoms with E-state index in [2.05, 4.69) is 29.5 Å². The molecule has 0 bridgehead atoms. The average Bonchev–Trinajstić information content (AvgIpc) is 2.66. The van der Waals surface area contributed by atoms with Crippen LogP contribution in [0, 0.1) is 5.92 Å². The standard InChI is InChI=1S/C12H20N2OS/c1-9(2)5-11-8-16-12(14-11)6-10-7-15-4-3-13-10/h8-10,13H,3-7H2,1-2H3. The van der Waals surface area contributed by atoms with Crippen molar-refractivity contribution in [2.75, 3.05) is 19.8 Å². The lowest BCUT2D eigenvalue weighted by Crippen LogP contribution is -2.42. The van der Waals surface area contributed by atoms with Crippen molar-refractivity contribution in [1.82, 2.24) is 10.3 Å². The molecule has 1 N–H and O–H groups in total. The van der Waals surface area contributed by atoms with Gasteiger partial charge < -0.3 is 10.1 Å². The first kappa shape index (κ1) is 12.0. The molecule has 0 saturated carbocycles. The Kier molecular flexibility index (Phi) is 4.32. The van der Waals surface area contributed by atoms with E-state index in [9.17, 15) is 0 Å². The normalized spacial score (nSPS) is 21.6. The van der Waals surface area contributed by atoms with Crippen LogP contribution in [0.4, 0.5) is 0 Å². The van der Waals surface area contributed by atoms with E-state index < -0.39 is 0 Å². The van der Waals surface area contributed by atoms with Crippen molar-refractivity contribution in [3.8, 4) is 0 Å². The summed E-state index contributed by atoms with van der Waals surface area (Å²) in [6, 6.07) is 0.451. The smallest absolute Gasteiger partial charge is 0.0944 e. The van der Waals surface area contributed by atoms with E-state index in [-0.39, 0.29) is 0 Å². The molecule has 0 amide bonds. The zero-order chi connectivity index (χ0) is 11.4. The van der Waals surface area contributed by atoms with Gasteiger partial charge in [-0.2, -0.15) is 0 Å². The molecule has 1 unspecified atom stereocenters. The lowest BCUT2D eigenvalue weighted by molar-refractivity contribution is 0.0770. The monoisotopic (exact) mass is 240 g/mol. The second-order valence-corrected chi connectivity index (χ2v) is 5.70. The van der Waals surface area contributed by atoms with Gasteiger partial charge in [0.2, 0.25) is 0 Å². The minimum atomic E-state index is 0.451. The number of rotatable bonds is 4. The SMILES string of the molecule is CC(C)Cc1csc(CC2COCCN2)n1. The molecule has 1 aromatic rings. The number of nitrogens with one attached hydrogen (secondary N) is 1. The molecule has 0 spiro atoms. The average molecular weight is 240 g/mol. The molecule has 1 fully saturated rings. The van der Waals surface area contributed by atoms with Gasteiger partial charge in [-0.25, -0.2) is 4.98 Å². The molecule has 0 radical (unpaired) electrons. The number of aromatic nitrogens is 1. The Morgan fingerprint density at radius 2 is 2.50 bits per heavy atom. The molecule has 0 aliphatic carbocycles. The van der Waals surface area contributed by atoms with Gasteiger partial charge in [0, 0.05) is 24.4 Å². The molecule has 90 valence electrons. The van der Waals surface area contributed by atoms with Crippen molar-refractivity contribution in [3.63, 3.8) is 0 Å². The molecule has 16 heavy (non-hydrogen) atoms. The molecule has 3 nitrogen and oxygen atoms in total. The van der Waals surface area contributed by atoms with Crippen LogP contribution < -0.4 is 5.32 Å². The third-order valence-electron chi connectivity index (χ3n) is 2.64. The fourth-order valence-corrected chi connectivity index (χ4v) is 2.80. The van der Waals surface area contributed by atoms with Crippen LogP contribution in [0.3, 0.4) is 0 Å². The number of thiazole rings is 1. The Bertz CT molecular complexity index is 319. The molecule has 1 atom stereocenters. The highest BCUT2D eigenvalue weighted by molar-refractivity contribution is 7.09. The van der Waals surface area contributed by atoms with Gasteiger partial charge in [-0.05, 0) is 12.3 Å². The zero-order valence-corrected chi connectivity index (χ0v) is 10.8. The summed E-state index contributed by atoms with van der Waals surface area (Å²) in [6.45, 7) is 7.09. The molecule has 2 rings (SSSR count). The third kappa shape index (κ3) is 3.54. The van der Waals surface area contributed by atoms with Gasteiger partial charge in [-0.15, -0.1) is 11.3 Å². The highest BCUT2D eigenvalue weighted by atomic mass is 32.1. The molecular formula is C12H20N2OS. The Hall–Kier alpha value is -0.450. The van der Waals surface area contributed by atoms with Gasteiger partial charge in [-0.1, -0.05) is 13.8 Å². The first-order valence-electron chi connectivity index (χ1n) is 5.98. The first-order chi connectivity index (χ1) is 7.74. The van der Waals surface area contributed by atoms with Crippen LogP contribution in [0.2, 0.25) is 0 Å². The summed E-state index contributed by atoms with van der Waals surface area (Å²) in [5.74, 6) is 0.686. The van der Waals surface area contributed by atoms with Crippen LogP contribution in [0.25, 0.3) is 0 Å². The summed E-state index contributed by atoms with van der Waals surface area (Å²) in [7, 11) is 0. The molecule has 0 aromatic carbocycles. The summed E-state index contributed by atoms with van der Waals surface area (Å²) in [4.78, 5) is 4.67. The van der Waals surface area contributed by atoms with Crippen LogP contribution in [0.5, 0.6) is 0 Å². The van der Waals surface area contributed by atoms with Crippen LogP contribution >= 0.6 is 11.3 Å². The van der Waals surface area contributed by atoms with Crippen LogP contribution in [0.1, 0.15) is 24.5 Å². The quantitative estimate of drug-likeness (QED) is 0.872. The summed E-state index contributed by atoms with van der Waals surface area (Å²) < 4.78 is 5.44. The lowest BCUT2D eigenvalue weighted by Gasteiger charge is -2.22. The highest BCUT2D eigenvalue weighted by Gasteiger charge is 2.15. The van der Waals surface area contributed by atoms with Crippen molar-refractivity contribution >= 4 is 11.3 Å². The first-order valence-corrected chi connectivity index (χ1v) is 6.86. The van der Waals surface area contributed by atoms with E-state index in [0.717, 1.165) is 32.6 Å². The second kappa shape index (κ2) is 5.75. The van der Waals surface area contributed by atoms with Gasteiger partial charge in [0.25, 0.3) is 0 Å². The van der Waals surface area contributed by atoms with Crippen LogP contribution in [-0.4, -0.2) is 30.8 Å². The lowest BCUT2D eigenvalue weighted by atomic mass is 10.1. The maximum absolute atomic E-state index is 5.44. The van der Waals surface area contributed by atoms with Gasteiger partial charge in [0.05, 0.1) is 23.9 Å². The Balaban J connectivity index is 1.86. The topological polar surface area (TPSA) is 34.1 Å². The van der Waals surface area contributed by atoms with Crippen molar-refractivity contribution in [3.05, 3.63) is 16.1 Å². The summed E-state index contributed by atoms with van der Waals surface area (Å²) in [5.41, 5.74) is 1.24. The van der Waals surface area contributed by atoms with E-state index in [0.29, 0.717) is 12.0 Å². The minimum absolute atomic E-state index is 0.451. The van der Waals surface area contributed by atoms with Gasteiger partial charge in [0.1, 0.15) is 0 Å². The van der Waals surface area contributed by atoms with Gasteiger partial charge >= 0.3 is 0 Å². The number of ether oxygens (including phenoxy) is 1. The summed E-state index contributed by atoms with van der Waals surface area (Å²) >= 11 is 1.78. The van der Waals surface area contributed by atoms with Crippen molar-refractivity contribution < 1.29 is 4.74 Å². The number of morpholine rings is 1. The summed E-state index contributed by atoms with van der Waals surface area (Å²) in [6.07, 6.45) is 2.09. The molecule has 2 heterocycles. The Morgan fingerprint density at radius 3 is 3.19 bits per heavy atom. The van der Waals surface area contributed by atoms with E-state index >= 15 is 0 Å². The van der Waals surface area contributed by atoms with Gasteiger partial charge in [0.15, 0.2) is 0 Å². The number of hydrogen-bond donors (Lipinski definition) is 1. The maximum Gasteiger partial charge on any atom is 0.0944 e. The fraction of sp³-hybridized carbons (Fsp3) is 0.750. The van der Waals surface area contributed by atoms with Gasteiger partial charge in [-0.3, -0.25) is 0 Å². The molecular weight excluding hydrogens is 220 g/mol. The number of nitrogens with zero attached hydrogens (tertiary/aromatic N) is 1. The summed E-state index contributed by atoms with van der Waals surface area (Å²) in [5, 5.41) is 6.89. The minimum Gasteiger partial charge on any atom is -0.379 e. The van der Waals surface area contributed by atoms with Crippen molar-refractivity contribution in [2.45, 2.75) is 32.7 Å². The molecule has 1 aliphatic rings. The second-order valence-electron chi connectivity index (χ2n) is 4.76. The van der Waals surface area contributed by atoms with E-state index in [1.165, 1.54) is 10.7 Å². The van der Waals surface area contributed by atoms with E-state index in [4.69, 9.17) is 4.74 Å². The number of hydrogen-bond acceptors (Lipinski definition) is 4. The fourth-order valence-electron chi connectivity index (χ4n) is 1.92. The van der Waals surface area contributed by atoms with E-state index in [1.54, 1.807) is 11.3 Å². The Morgan fingerprint density at radius 1 is 1.62 bits per heavy atom. The zero-order valence-electron chi connectivity index (χ0n) is 10.0. The largest absolute Gasteiger partial charge is 0.379 e. The van der Waals surface area contributed by atoms with Crippen molar-refractivity contribution in [1.29, 1.82) is 0 Å². The predicted molar refractivity (Wildman–Crippen MR) is 67.0 cm³/mol. The predicted octanol–water partition coefficient (Wildman–Crippen LogP) is 1.87. The molecule has 1 aromatic heterocycles. The van der Waals surface area contributed by atoms with E-state index in [1.807, 2.05) is 0 Å². The van der Waals surface area contributed by atoms with Crippen molar-refractivity contribution in [2.24, 2.45) is 5.92 Å². The highest BCUT2D eigenvalue weighted by Crippen LogP contribution is 2.15. The van der Waals surface area contributed by atoms with Crippen LogP contribution in [-0.2, 0) is 17.6 Å². The molecule has 4 heteroatoms. The third-order valence-corrected chi connectivity index (χ3v) is 3.56. The molecule has 1 aliphatic heterocycles. The van der Waals surface area contributed by atoms with Crippen LogP contribution in [0.15, 0.2) is 5.38 Å².